The fourth-order valence-electron chi connectivity index (χ4n) is 3.01. The van der Waals surface area contributed by atoms with Gasteiger partial charge in [0.05, 0.1) is 5.92 Å². The van der Waals surface area contributed by atoms with Crippen LogP contribution in [-0.2, 0) is 25.5 Å². The van der Waals surface area contributed by atoms with Gasteiger partial charge in [0.2, 0.25) is 6.29 Å². The van der Waals surface area contributed by atoms with Crippen LogP contribution in [0.5, 0.6) is 0 Å². The Balaban J connectivity index is 2.06. The monoisotopic (exact) mass is 290 g/mol. The number of carbonyl (C=O) groups is 2. The van der Waals surface area contributed by atoms with Gasteiger partial charge in [0, 0.05) is 20.1 Å². The molecular formula is C17H22O4. The molecule has 0 heterocycles. The van der Waals surface area contributed by atoms with Crippen LogP contribution in [0, 0.1) is 11.8 Å². The largest absolute Gasteiger partial charge is 0.349 e. The molecule has 1 saturated carbocycles. The molecule has 1 aliphatic rings. The van der Waals surface area contributed by atoms with Crippen LogP contribution in [0.2, 0.25) is 0 Å². The lowest BCUT2D eigenvalue weighted by molar-refractivity contribution is -0.164. The van der Waals surface area contributed by atoms with Gasteiger partial charge in [-0.3, -0.25) is 9.59 Å². The third-order valence-electron chi connectivity index (χ3n) is 4.12. The second-order valence-electron chi connectivity index (χ2n) is 5.48. The van der Waals surface area contributed by atoms with Crippen molar-refractivity contribution < 1.29 is 19.1 Å². The normalized spacial score (nSPS) is 22.5. The molecule has 0 N–H and O–H groups in total. The number of ether oxygens (including phenoxy) is 2. The third-order valence-corrected chi connectivity index (χ3v) is 4.12. The molecule has 1 fully saturated rings. The number of rotatable bonds is 6. The Labute approximate surface area is 125 Å². The zero-order valence-electron chi connectivity index (χ0n) is 12.6. The van der Waals surface area contributed by atoms with E-state index in [1.54, 1.807) is 0 Å². The SMILES string of the molecule is COC(OC)C(=O)[C@H]1CCC[C@@H](Cc2ccccc2)C1=O. The van der Waals surface area contributed by atoms with Crippen LogP contribution in [0.3, 0.4) is 0 Å². The molecule has 0 radical (unpaired) electrons. The van der Waals surface area contributed by atoms with E-state index in [-0.39, 0.29) is 17.5 Å². The molecular weight excluding hydrogens is 268 g/mol. The lowest BCUT2D eigenvalue weighted by Crippen LogP contribution is -2.41. The maximum atomic E-state index is 12.6. The first kappa shape index (κ1) is 15.9. The second kappa shape index (κ2) is 7.48. The molecule has 1 aromatic rings. The summed E-state index contributed by atoms with van der Waals surface area (Å²) in [5.74, 6) is -0.876. The van der Waals surface area contributed by atoms with Crippen LogP contribution in [-0.4, -0.2) is 32.1 Å². The molecule has 0 aliphatic heterocycles. The first-order chi connectivity index (χ1) is 10.2. The Morgan fingerprint density at radius 1 is 1.19 bits per heavy atom. The summed E-state index contributed by atoms with van der Waals surface area (Å²) in [6, 6.07) is 9.94. The highest BCUT2D eigenvalue weighted by Crippen LogP contribution is 2.30. The van der Waals surface area contributed by atoms with Crippen molar-refractivity contribution in [1.29, 1.82) is 0 Å². The Bertz CT molecular complexity index is 479. The van der Waals surface area contributed by atoms with E-state index in [2.05, 4.69) is 0 Å². The fourth-order valence-corrected chi connectivity index (χ4v) is 3.01. The van der Waals surface area contributed by atoms with E-state index in [4.69, 9.17) is 9.47 Å². The average molecular weight is 290 g/mol. The highest BCUT2D eigenvalue weighted by molar-refractivity contribution is 6.05. The number of hydrogen-bond donors (Lipinski definition) is 0. The van der Waals surface area contributed by atoms with Crippen LogP contribution < -0.4 is 0 Å². The van der Waals surface area contributed by atoms with Crippen LogP contribution in [0.15, 0.2) is 30.3 Å². The lowest BCUT2D eigenvalue weighted by atomic mass is 9.75. The van der Waals surface area contributed by atoms with Gasteiger partial charge in [0.15, 0.2) is 5.78 Å². The Hall–Kier alpha value is -1.52. The summed E-state index contributed by atoms with van der Waals surface area (Å²) in [5, 5.41) is 0. The first-order valence-corrected chi connectivity index (χ1v) is 7.34. The smallest absolute Gasteiger partial charge is 0.218 e. The van der Waals surface area contributed by atoms with E-state index in [1.807, 2.05) is 30.3 Å². The Kier molecular flexibility index (Phi) is 5.65. The summed E-state index contributed by atoms with van der Waals surface area (Å²) in [7, 11) is 2.83. The van der Waals surface area contributed by atoms with Gasteiger partial charge in [-0.05, 0) is 24.8 Å². The highest BCUT2D eigenvalue weighted by atomic mass is 16.7. The standard InChI is InChI=1S/C17H22O4/c1-20-17(21-2)16(19)14-10-6-9-13(15(14)18)11-12-7-4-3-5-8-12/h3-5,7-8,13-14,17H,6,9-11H2,1-2H3/t13-,14-/m0/s1. The van der Waals surface area contributed by atoms with E-state index in [9.17, 15) is 9.59 Å². The number of ketones is 2. The van der Waals surface area contributed by atoms with Crippen LogP contribution >= 0.6 is 0 Å². The minimum Gasteiger partial charge on any atom is -0.349 e. The quantitative estimate of drug-likeness (QED) is 0.596. The van der Waals surface area contributed by atoms with Crippen LogP contribution in [0.1, 0.15) is 24.8 Å². The van der Waals surface area contributed by atoms with Gasteiger partial charge in [-0.1, -0.05) is 36.8 Å². The van der Waals surface area contributed by atoms with E-state index < -0.39 is 12.2 Å². The Morgan fingerprint density at radius 3 is 2.48 bits per heavy atom. The molecule has 1 aromatic carbocycles. The predicted molar refractivity (Wildman–Crippen MR) is 78.8 cm³/mol. The molecule has 21 heavy (non-hydrogen) atoms. The van der Waals surface area contributed by atoms with E-state index in [0.29, 0.717) is 12.8 Å². The summed E-state index contributed by atoms with van der Waals surface area (Å²) < 4.78 is 9.98. The molecule has 4 heteroatoms. The van der Waals surface area contributed by atoms with Crippen molar-refractivity contribution >= 4 is 11.6 Å². The van der Waals surface area contributed by atoms with Crippen LogP contribution in [0.4, 0.5) is 0 Å². The third kappa shape index (κ3) is 3.77. The van der Waals surface area contributed by atoms with Gasteiger partial charge in [0.1, 0.15) is 5.78 Å². The average Bonchev–Trinajstić information content (AvgIpc) is 2.51. The molecule has 0 spiro atoms. The molecule has 1 aliphatic carbocycles. The van der Waals surface area contributed by atoms with Crippen molar-refractivity contribution in [3.8, 4) is 0 Å². The summed E-state index contributed by atoms with van der Waals surface area (Å²) in [6.45, 7) is 0. The topological polar surface area (TPSA) is 52.6 Å². The Morgan fingerprint density at radius 2 is 1.86 bits per heavy atom. The number of methoxy groups -OCH3 is 2. The molecule has 0 saturated heterocycles. The molecule has 0 amide bonds. The molecule has 2 atom stereocenters. The lowest BCUT2D eigenvalue weighted by Gasteiger charge is -2.28. The van der Waals surface area contributed by atoms with E-state index in [1.165, 1.54) is 14.2 Å². The van der Waals surface area contributed by atoms with Crippen molar-refractivity contribution in [2.75, 3.05) is 14.2 Å². The van der Waals surface area contributed by atoms with Crippen molar-refractivity contribution in [3.05, 3.63) is 35.9 Å². The molecule has 4 nitrogen and oxygen atoms in total. The molecule has 114 valence electrons. The number of benzene rings is 1. The van der Waals surface area contributed by atoms with Crippen molar-refractivity contribution in [3.63, 3.8) is 0 Å². The van der Waals surface area contributed by atoms with Crippen LogP contribution in [0.25, 0.3) is 0 Å². The van der Waals surface area contributed by atoms with Gasteiger partial charge in [-0.25, -0.2) is 0 Å². The summed E-state index contributed by atoms with van der Waals surface area (Å²) >= 11 is 0. The molecule has 2 rings (SSSR count). The number of hydrogen-bond acceptors (Lipinski definition) is 4. The first-order valence-electron chi connectivity index (χ1n) is 7.34. The van der Waals surface area contributed by atoms with E-state index >= 15 is 0 Å². The van der Waals surface area contributed by atoms with Crippen molar-refractivity contribution in [1.82, 2.24) is 0 Å². The second-order valence-corrected chi connectivity index (χ2v) is 5.48. The summed E-state index contributed by atoms with van der Waals surface area (Å²) in [6.07, 6.45) is 2.11. The van der Waals surface area contributed by atoms with Gasteiger partial charge < -0.3 is 9.47 Å². The molecule has 0 aromatic heterocycles. The van der Waals surface area contributed by atoms with E-state index in [0.717, 1.165) is 18.4 Å². The minimum absolute atomic E-state index is 0.0363. The van der Waals surface area contributed by atoms with Gasteiger partial charge in [-0.15, -0.1) is 0 Å². The maximum Gasteiger partial charge on any atom is 0.218 e. The number of carbonyl (C=O) groups excluding carboxylic acids is 2. The van der Waals surface area contributed by atoms with Crippen molar-refractivity contribution in [2.24, 2.45) is 11.8 Å². The fraction of sp³-hybridized carbons (Fsp3) is 0.529. The summed E-state index contributed by atoms with van der Waals surface area (Å²) in [5.41, 5.74) is 1.14. The van der Waals surface area contributed by atoms with Crippen molar-refractivity contribution in [2.45, 2.75) is 32.0 Å². The zero-order valence-corrected chi connectivity index (χ0v) is 12.6. The predicted octanol–water partition coefficient (Wildman–Crippen LogP) is 2.40. The number of Topliss-reactive ketones (excluding diaryl/α,β-unsaturated/α-hetero) is 2. The van der Waals surface area contributed by atoms with Gasteiger partial charge in [0.25, 0.3) is 0 Å². The van der Waals surface area contributed by atoms with Gasteiger partial charge >= 0.3 is 0 Å². The molecule has 0 bridgehead atoms. The molecule has 0 unspecified atom stereocenters. The van der Waals surface area contributed by atoms with Gasteiger partial charge in [-0.2, -0.15) is 0 Å². The maximum absolute atomic E-state index is 12.6. The highest BCUT2D eigenvalue weighted by Gasteiger charge is 2.38. The zero-order chi connectivity index (χ0) is 15.2. The minimum atomic E-state index is -0.936. The summed E-state index contributed by atoms with van der Waals surface area (Å²) in [4.78, 5) is 24.9.